The van der Waals surface area contributed by atoms with E-state index in [1.54, 1.807) is 0 Å². The monoisotopic (exact) mass is 223 g/mol. The molecule has 0 aromatic rings. The van der Waals surface area contributed by atoms with Gasteiger partial charge in [-0.15, -0.1) is 0 Å². The van der Waals surface area contributed by atoms with E-state index in [9.17, 15) is 4.79 Å². The molecule has 0 spiro atoms. The third-order valence-corrected chi connectivity index (χ3v) is 3.31. The first-order chi connectivity index (χ1) is 6.26. The minimum Gasteiger partial charge on any atom is -0.448 e. The van der Waals surface area contributed by atoms with Crippen molar-refractivity contribution in [2.75, 3.05) is 19.1 Å². The van der Waals surface area contributed by atoms with Crippen LogP contribution in [0.15, 0.2) is 0 Å². The lowest BCUT2D eigenvalue weighted by molar-refractivity contribution is 0.140. The number of unbranched alkanes of at least 4 members (excludes halogenated alkanes) is 2. The van der Waals surface area contributed by atoms with Gasteiger partial charge in [0.05, 0.1) is 6.61 Å². The highest BCUT2D eigenvalue weighted by Crippen LogP contribution is 2.17. The molecule has 5 heteroatoms. The lowest BCUT2D eigenvalue weighted by Gasteiger charge is -2.14. The summed E-state index contributed by atoms with van der Waals surface area (Å²) in [4.78, 5) is 11.2. The Kier molecular flexibility index (Phi) is 8.54. The van der Waals surface area contributed by atoms with Crippen LogP contribution in [0.2, 0.25) is 0 Å². The van der Waals surface area contributed by atoms with Gasteiger partial charge in [-0.25, -0.2) is 4.79 Å². The summed E-state index contributed by atoms with van der Waals surface area (Å²) in [6.45, 7) is 2.65. The van der Waals surface area contributed by atoms with Gasteiger partial charge in [0.15, 0.2) is 0 Å². The average Bonchev–Trinajstić information content (AvgIpc) is 2.14. The number of carbonyl (C=O) groups excluding carboxylic acids is 1. The average molecular weight is 223 g/mol. The van der Waals surface area contributed by atoms with Gasteiger partial charge in [0, 0.05) is 12.5 Å². The van der Waals surface area contributed by atoms with Gasteiger partial charge < -0.3 is 4.74 Å². The van der Waals surface area contributed by atoms with Crippen LogP contribution in [0.4, 0.5) is 4.79 Å². The summed E-state index contributed by atoms with van der Waals surface area (Å²) in [6.07, 6.45) is 6.67. The maximum absolute atomic E-state index is 11.2. The maximum atomic E-state index is 11.2. The van der Waals surface area contributed by atoms with E-state index in [0.29, 0.717) is 6.61 Å². The summed E-state index contributed by atoms with van der Waals surface area (Å²) in [5, 5.41) is 0. The SMILES string of the molecule is CCCCCOC(=O)N(SC)SC. The Morgan fingerprint density at radius 3 is 2.38 bits per heavy atom. The zero-order valence-electron chi connectivity index (χ0n) is 8.41. The van der Waals surface area contributed by atoms with Crippen LogP contribution in [-0.2, 0) is 4.74 Å². The smallest absolute Gasteiger partial charge is 0.430 e. The van der Waals surface area contributed by atoms with E-state index >= 15 is 0 Å². The van der Waals surface area contributed by atoms with Crippen LogP contribution in [-0.4, -0.2) is 28.9 Å². The van der Waals surface area contributed by atoms with Crippen molar-refractivity contribution in [1.82, 2.24) is 3.71 Å². The number of rotatable bonds is 6. The number of hydrogen-bond donors (Lipinski definition) is 0. The molecule has 0 saturated heterocycles. The lowest BCUT2D eigenvalue weighted by Crippen LogP contribution is -2.18. The van der Waals surface area contributed by atoms with Crippen molar-refractivity contribution >= 4 is 30.0 Å². The predicted octanol–water partition coefficient (Wildman–Crippen LogP) is 3.17. The van der Waals surface area contributed by atoms with Crippen LogP contribution in [0.5, 0.6) is 0 Å². The van der Waals surface area contributed by atoms with Gasteiger partial charge in [0.1, 0.15) is 0 Å². The summed E-state index contributed by atoms with van der Waals surface area (Å²) >= 11 is 2.73. The van der Waals surface area contributed by atoms with E-state index in [4.69, 9.17) is 4.74 Å². The van der Waals surface area contributed by atoms with Crippen molar-refractivity contribution in [3.05, 3.63) is 0 Å². The molecule has 1 amide bonds. The summed E-state index contributed by atoms with van der Waals surface area (Å²) in [5.41, 5.74) is 0. The van der Waals surface area contributed by atoms with E-state index in [1.165, 1.54) is 27.6 Å². The Morgan fingerprint density at radius 2 is 1.92 bits per heavy atom. The normalized spacial score (nSPS) is 9.77. The molecular formula is C8H17NO2S2. The van der Waals surface area contributed by atoms with E-state index in [2.05, 4.69) is 6.92 Å². The third-order valence-electron chi connectivity index (χ3n) is 1.45. The molecule has 0 aromatic heterocycles. The van der Waals surface area contributed by atoms with Gasteiger partial charge >= 0.3 is 6.09 Å². The van der Waals surface area contributed by atoms with Gasteiger partial charge in [0.2, 0.25) is 0 Å². The van der Waals surface area contributed by atoms with Crippen LogP contribution in [0.1, 0.15) is 26.2 Å². The first-order valence-corrected chi connectivity index (χ1v) is 6.67. The van der Waals surface area contributed by atoms with Gasteiger partial charge in [-0.3, -0.25) is 0 Å². The second kappa shape index (κ2) is 8.56. The quantitative estimate of drug-likeness (QED) is 0.511. The fourth-order valence-corrected chi connectivity index (χ4v) is 1.79. The molecule has 0 atom stereocenters. The number of hydrogen-bond acceptors (Lipinski definition) is 4. The molecule has 0 unspecified atom stereocenters. The van der Waals surface area contributed by atoms with E-state index in [-0.39, 0.29) is 6.09 Å². The number of ether oxygens (including phenoxy) is 1. The fourth-order valence-electron chi connectivity index (χ4n) is 0.788. The first kappa shape index (κ1) is 13.0. The molecule has 0 bridgehead atoms. The Labute approximate surface area is 88.8 Å². The molecule has 0 saturated carbocycles. The minimum absolute atomic E-state index is 0.254. The van der Waals surface area contributed by atoms with Gasteiger partial charge in [-0.05, 0) is 30.3 Å². The standard InChI is InChI=1S/C8H17NO2S2/c1-4-5-6-7-11-8(10)9(12-2)13-3/h4-7H2,1-3H3. The van der Waals surface area contributed by atoms with Crippen molar-refractivity contribution in [3.63, 3.8) is 0 Å². The highest BCUT2D eigenvalue weighted by atomic mass is 32.2. The molecule has 0 aliphatic rings. The lowest BCUT2D eigenvalue weighted by atomic mass is 10.3. The van der Waals surface area contributed by atoms with Crippen LogP contribution >= 0.6 is 23.9 Å². The van der Waals surface area contributed by atoms with E-state index < -0.39 is 0 Å². The fraction of sp³-hybridized carbons (Fsp3) is 0.875. The van der Waals surface area contributed by atoms with Crippen molar-refractivity contribution in [2.45, 2.75) is 26.2 Å². The third kappa shape index (κ3) is 6.10. The Hall–Kier alpha value is -0.0300. The molecule has 0 fully saturated rings. The van der Waals surface area contributed by atoms with Gasteiger partial charge in [0.25, 0.3) is 0 Å². The molecule has 0 N–H and O–H groups in total. The van der Waals surface area contributed by atoms with Crippen LogP contribution < -0.4 is 0 Å². The zero-order valence-corrected chi connectivity index (χ0v) is 10.0. The molecule has 0 aliphatic carbocycles. The summed E-state index contributed by atoms with van der Waals surface area (Å²) in [7, 11) is 0. The van der Waals surface area contributed by atoms with Crippen LogP contribution in [0.3, 0.4) is 0 Å². The molecule has 0 aliphatic heterocycles. The van der Waals surface area contributed by atoms with E-state index in [0.717, 1.165) is 19.3 Å². The summed E-state index contributed by atoms with van der Waals surface area (Å²) in [6, 6.07) is 0. The van der Waals surface area contributed by atoms with Crippen molar-refractivity contribution in [1.29, 1.82) is 0 Å². The first-order valence-electron chi connectivity index (χ1n) is 4.31. The number of amides is 1. The Morgan fingerprint density at radius 1 is 1.31 bits per heavy atom. The molecule has 3 nitrogen and oxygen atoms in total. The van der Waals surface area contributed by atoms with Gasteiger partial charge in [-0.1, -0.05) is 19.8 Å². The minimum atomic E-state index is -0.254. The second-order valence-corrected chi connectivity index (χ2v) is 4.14. The highest BCUT2D eigenvalue weighted by Gasteiger charge is 2.11. The Bertz CT molecular complexity index is 140. The number of carbonyl (C=O) groups is 1. The summed E-state index contributed by atoms with van der Waals surface area (Å²) in [5.74, 6) is 0. The Balaban J connectivity index is 3.48. The second-order valence-electron chi connectivity index (χ2n) is 2.44. The maximum Gasteiger partial charge on any atom is 0.430 e. The van der Waals surface area contributed by atoms with Crippen molar-refractivity contribution in [2.24, 2.45) is 0 Å². The van der Waals surface area contributed by atoms with Crippen LogP contribution in [0.25, 0.3) is 0 Å². The molecular weight excluding hydrogens is 206 g/mol. The largest absolute Gasteiger partial charge is 0.448 e. The number of nitrogens with zero attached hydrogens (tertiary/aromatic N) is 1. The van der Waals surface area contributed by atoms with E-state index in [1.807, 2.05) is 12.5 Å². The van der Waals surface area contributed by atoms with Crippen molar-refractivity contribution in [3.8, 4) is 0 Å². The van der Waals surface area contributed by atoms with Crippen molar-refractivity contribution < 1.29 is 9.53 Å². The zero-order chi connectivity index (χ0) is 10.1. The topological polar surface area (TPSA) is 29.5 Å². The molecule has 78 valence electrons. The molecule has 0 rings (SSSR count). The molecule has 0 radical (unpaired) electrons. The molecule has 0 aromatic carbocycles. The molecule has 0 heterocycles. The summed E-state index contributed by atoms with van der Waals surface area (Å²) < 4.78 is 6.55. The molecule has 13 heavy (non-hydrogen) atoms. The van der Waals surface area contributed by atoms with Gasteiger partial charge in [-0.2, -0.15) is 3.71 Å². The van der Waals surface area contributed by atoms with Crippen LogP contribution in [0, 0.1) is 0 Å². The predicted molar refractivity (Wildman–Crippen MR) is 59.7 cm³/mol. The highest BCUT2D eigenvalue weighted by molar-refractivity contribution is 8.12.